The first-order chi connectivity index (χ1) is 9.20. The summed E-state index contributed by atoms with van der Waals surface area (Å²) in [5.41, 5.74) is 1.56. The number of thioether (sulfide) groups is 1. The lowest BCUT2D eigenvalue weighted by molar-refractivity contribution is -0.387. The highest BCUT2D eigenvalue weighted by molar-refractivity contribution is 7.98. The molecule has 5 heteroatoms. The fraction of sp³-hybridized carbons (Fsp3) is 0.0714. The highest BCUT2D eigenvalue weighted by Gasteiger charge is 2.14. The molecule has 94 valence electrons. The molecule has 2 aromatic rings. The average Bonchev–Trinajstić information content (AvgIpc) is 2.45. The number of benzene rings is 2. The van der Waals surface area contributed by atoms with Gasteiger partial charge in [-0.05, 0) is 17.7 Å². The van der Waals surface area contributed by atoms with Gasteiger partial charge in [-0.3, -0.25) is 10.1 Å². The summed E-state index contributed by atoms with van der Waals surface area (Å²) in [5.74, 6) is 0.635. The molecule has 0 N–H and O–H groups in total. The molecule has 0 fully saturated rings. The van der Waals surface area contributed by atoms with Crippen LogP contribution in [0.4, 0.5) is 5.69 Å². The summed E-state index contributed by atoms with van der Waals surface area (Å²) in [4.78, 5) is 11.0. The first-order valence-corrected chi connectivity index (χ1v) is 6.54. The zero-order valence-electron chi connectivity index (χ0n) is 9.95. The van der Waals surface area contributed by atoms with Crippen molar-refractivity contribution in [1.82, 2.24) is 0 Å². The van der Waals surface area contributed by atoms with Crippen molar-refractivity contribution in [1.29, 1.82) is 5.26 Å². The minimum absolute atomic E-state index is 0.0416. The molecule has 0 atom stereocenters. The third-order valence-corrected chi connectivity index (χ3v) is 3.64. The molecule has 0 bridgehead atoms. The van der Waals surface area contributed by atoms with Crippen molar-refractivity contribution in [3.8, 4) is 6.07 Å². The molecule has 0 aromatic heterocycles. The molecule has 0 radical (unpaired) electrons. The molecule has 0 aliphatic heterocycles. The molecule has 0 unspecified atom stereocenters. The van der Waals surface area contributed by atoms with Crippen molar-refractivity contribution in [2.24, 2.45) is 0 Å². The summed E-state index contributed by atoms with van der Waals surface area (Å²) in [7, 11) is 0. The van der Waals surface area contributed by atoms with E-state index >= 15 is 0 Å². The second kappa shape index (κ2) is 6.03. The summed E-state index contributed by atoms with van der Waals surface area (Å²) in [6, 6.07) is 16.1. The molecule has 0 saturated heterocycles. The van der Waals surface area contributed by atoms with Gasteiger partial charge >= 0.3 is 0 Å². The molecule has 0 amide bonds. The quantitative estimate of drug-likeness (QED) is 0.482. The summed E-state index contributed by atoms with van der Waals surface area (Å²) in [5, 5.41) is 19.8. The molecule has 2 aromatic carbocycles. The van der Waals surface area contributed by atoms with Gasteiger partial charge in [0, 0.05) is 11.8 Å². The van der Waals surface area contributed by atoms with E-state index in [1.165, 1.54) is 23.9 Å². The third-order valence-electron chi connectivity index (χ3n) is 2.52. The van der Waals surface area contributed by atoms with Gasteiger partial charge in [0.2, 0.25) is 0 Å². The summed E-state index contributed by atoms with van der Waals surface area (Å²) < 4.78 is 0. The van der Waals surface area contributed by atoms with Crippen LogP contribution in [0, 0.1) is 21.4 Å². The van der Waals surface area contributed by atoms with Crippen LogP contribution in [0.2, 0.25) is 0 Å². The van der Waals surface area contributed by atoms with Gasteiger partial charge in [0.15, 0.2) is 0 Å². The lowest BCUT2D eigenvalue weighted by atomic mass is 10.2. The van der Waals surface area contributed by atoms with Gasteiger partial charge in [0.1, 0.15) is 0 Å². The lowest BCUT2D eigenvalue weighted by Gasteiger charge is -2.03. The van der Waals surface area contributed by atoms with Gasteiger partial charge in [-0.2, -0.15) is 5.26 Å². The topological polar surface area (TPSA) is 66.9 Å². The van der Waals surface area contributed by atoms with Gasteiger partial charge in [0.25, 0.3) is 5.69 Å². The van der Waals surface area contributed by atoms with Crippen LogP contribution in [0.25, 0.3) is 0 Å². The maximum Gasteiger partial charge on any atom is 0.282 e. The number of nitro groups is 1. The van der Waals surface area contributed by atoms with Gasteiger partial charge in [-0.25, -0.2) is 0 Å². The lowest BCUT2D eigenvalue weighted by Crippen LogP contribution is -1.92. The molecular formula is C14H10N2O2S. The molecule has 0 aliphatic carbocycles. The Hall–Kier alpha value is -2.32. The van der Waals surface area contributed by atoms with Crippen molar-refractivity contribution >= 4 is 17.4 Å². The monoisotopic (exact) mass is 270 g/mol. The van der Waals surface area contributed by atoms with E-state index in [9.17, 15) is 10.1 Å². The molecular weight excluding hydrogens is 260 g/mol. The average molecular weight is 270 g/mol. The van der Waals surface area contributed by atoms with Crippen LogP contribution in [0.5, 0.6) is 0 Å². The second-order valence-electron chi connectivity index (χ2n) is 3.83. The first kappa shape index (κ1) is 13.1. The Labute approximate surface area is 114 Å². The number of nitriles is 1. The zero-order valence-corrected chi connectivity index (χ0v) is 10.8. The Morgan fingerprint density at radius 1 is 1.21 bits per heavy atom. The highest BCUT2D eigenvalue weighted by atomic mass is 32.2. The maximum absolute atomic E-state index is 10.9. The van der Waals surface area contributed by atoms with Crippen LogP contribution in [-0.2, 0) is 5.75 Å². The molecule has 2 rings (SSSR count). The Morgan fingerprint density at radius 2 is 1.95 bits per heavy atom. The van der Waals surface area contributed by atoms with Crippen LogP contribution in [0.3, 0.4) is 0 Å². The van der Waals surface area contributed by atoms with Crippen molar-refractivity contribution < 1.29 is 4.92 Å². The summed E-state index contributed by atoms with van der Waals surface area (Å²) in [6.45, 7) is 0. The van der Waals surface area contributed by atoms with Crippen LogP contribution >= 0.6 is 11.8 Å². The first-order valence-electron chi connectivity index (χ1n) is 5.56. The standard InChI is InChI=1S/C14H10N2O2S/c15-9-12-6-7-13(16(17)18)14(8-12)19-10-11-4-2-1-3-5-11/h1-8H,10H2. The van der Waals surface area contributed by atoms with Crippen LogP contribution in [0.15, 0.2) is 53.4 Å². The van der Waals surface area contributed by atoms with E-state index in [0.29, 0.717) is 16.2 Å². The van der Waals surface area contributed by atoms with E-state index in [1.807, 2.05) is 36.4 Å². The molecule has 0 heterocycles. The molecule has 0 saturated carbocycles. The van der Waals surface area contributed by atoms with E-state index < -0.39 is 4.92 Å². The Kier molecular flexibility index (Phi) is 4.16. The largest absolute Gasteiger partial charge is 0.282 e. The van der Waals surface area contributed by atoms with E-state index in [0.717, 1.165) is 5.56 Å². The number of hydrogen-bond acceptors (Lipinski definition) is 4. The Balaban J connectivity index is 2.23. The Morgan fingerprint density at radius 3 is 2.58 bits per heavy atom. The van der Waals surface area contributed by atoms with Crippen molar-refractivity contribution in [3.63, 3.8) is 0 Å². The molecule has 4 nitrogen and oxygen atoms in total. The molecule has 19 heavy (non-hydrogen) atoms. The Bertz CT molecular complexity index is 636. The van der Waals surface area contributed by atoms with E-state index in [-0.39, 0.29) is 5.69 Å². The van der Waals surface area contributed by atoms with Crippen molar-refractivity contribution in [2.45, 2.75) is 10.6 Å². The summed E-state index contributed by atoms with van der Waals surface area (Å²) in [6.07, 6.45) is 0. The number of hydrogen-bond donors (Lipinski definition) is 0. The van der Waals surface area contributed by atoms with E-state index in [2.05, 4.69) is 0 Å². The van der Waals surface area contributed by atoms with Crippen LogP contribution in [0.1, 0.15) is 11.1 Å². The van der Waals surface area contributed by atoms with Crippen molar-refractivity contribution in [3.05, 3.63) is 69.8 Å². The van der Waals surface area contributed by atoms with Gasteiger partial charge in [-0.15, -0.1) is 11.8 Å². The minimum atomic E-state index is -0.422. The summed E-state index contributed by atoms with van der Waals surface area (Å²) >= 11 is 1.37. The predicted molar refractivity (Wildman–Crippen MR) is 73.8 cm³/mol. The van der Waals surface area contributed by atoms with E-state index in [1.54, 1.807) is 6.07 Å². The number of nitro benzene ring substituents is 1. The fourth-order valence-corrected chi connectivity index (χ4v) is 2.60. The number of rotatable bonds is 4. The number of nitrogens with zero attached hydrogens (tertiary/aromatic N) is 2. The highest BCUT2D eigenvalue weighted by Crippen LogP contribution is 2.32. The van der Waals surface area contributed by atoms with Crippen LogP contribution in [-0.4, -0.2) is 4.92 Å². The van der Waals surface area contributed by atoms with E-state index in [4.69, 9.17) is 5.26 Å². The van der Waals surface area contributed by atoms with Gasteiger partial charge in [-0.1, -0.05) is 30.3 Å². The second-order valence-corrected chi connectivity index (χ2v) is 4.84. The maximum atomic E-state index is 10.9. The predicted octanol–water partition coefficient (Wildman–Crippen LogP) is 3.76. The molecule has 0 aliphatic rings. The molecule has 0 spiro atoms. The van der Waals surface area contributed by atoms with Crippen LogP contribution < -0.4 is 0 Å². The van der Waals surface area contributed by atoms with Gasteiger partial charge < -0.3 is 0 Å². The smallest absolute Gasteiger partial charge is 0.258 e. The SMILES string of the molecule is N#Cc1ccc([N+](=O)[O-])c(SCc2ccccc2)c1. The normalized spacial score (nSPS) is 9.84. The fourth-order valence-electron chi connectivity index (χ4n) is 1.59. The third kappa shape index (κ3) is 3.33. The van der Waals surface area contributed by atoms with Gasteiger partial charge in [0.05, 0.1) is 21.5 Å². The van der Waals surface area contributed by atoms with Crippen molar-refractivity contribution in [2.75, 3.05) is 0 Å². The minimum Gasteiger partial charge on any atom is -0.258 e. The zero-order chi connectivity index (χ0) is 13.7.